The van der Waals surface area contributed by atoms with Crippen LogP contribution in [-0.4, -0.2) is 28.0 Å². The molecule has 7 heteroatoms. The summed E-state index contributed by atoms with van der Waals surface area (Å²) < 4.78 is 0. The molecule has 0 fully saturated rings. The Morgan fingerprint density at radius 3 is 2.76 bits per heavy atom. The van der Waals surface area contributed by atoms with Gasteiger partial charge in [-0.2, -0.15) is 5.10 Å². The summed E-state index contributed by atoms with van der Waals surface area (Å²) in [5.74, 6) is -1.61. The maximum Gasteiger partial charge on any atom is 0.329 e. The molecule has 0 unspecified atom stereocenters. The van der Waals surface area contributed by atoms with E-state index in [0.717, 1.165) is 5.56 Å². The van der Waals surface area contributed by atoms with E-state index < -0.39 is 11.8 Å². The highest BCUT2D eigenvalue weighted by Crippen LogP contribution is 1.93. The quantitative estimate of drug-likeness (QED) is 0.477. The third-order valence-electron chi connectivity index (χ3n) is 2.43. The van der Waals surface area contributed by atoms with Gasteiger partial charge < -0.3 is 5.32 Å². The molecule has 2 aromatic rings. The predicted molar refractivity (Wildman–Crippen MR) is 76.1 cm³/mol. The zero-order valence-corrected chi connectivity index (χ0v) is 11.1. The van der Waals surface area contributed by atoms with E-state index in [1.165, 1.54) is 6.21 Å². The Kier molecular flexibility index (Phi) is 5.11. The van der Waals surface area contributed by atoms with Crippen molar-refractivity contribution in [3.8, 4) is 0 Å². The van der Waals surface area contributed by atoms with Crippen LogP contribution in [0, 0.1) is 0 Å². The van der Waals surface area contributed by atoms with Gasteiger partial charge in [0.05, 0.1) is 11.9 Å². The number of rotatable bonds is 4. The smallest absolute Gasteiger partial charge is 0.329 e. The summed E-state index contributed by atoms with van der Waals surface area (Å²) in [6, 6.07) is 8.82. The molecule has 0 spiro atoms. The lowest BCUT2D eigenvalue weighted by atomic mass is 10.3. The van der Waals surface area contributed by atoms with Crippen LogP contribution in [-0.2, 0) is 16.1 Å². The average molecular weight is 283 g/mol. The van der Waals surface area contributed by atoms with E-state index in [0.29, 0.717) is 5.69 Å². The van der Waals surface area contributed by atoms with E-state index in [-0.39, 0.29) is 6.54 Å². The van der Waals surface area contributed by atoms with Gasteiger partial charge in [-0.1, -0.05) is 12.1 Å². The molecule has 7 nitrogen and oxygen atoms in total. The Morgan fingerprint density at radius 1 is 1.14 bits per heavy atom. The Morgan fingerprint density at radius 2 is 2.05 bits per heavy atom. The number of hydrazone groups is 1. The summed E-state index contributed by atoms with van der Waals surface area (Å²) in [5.41, 5.74) is 3.51. The van der Waals surface area contributed by atoms with Gasteiger partial charge in [-0.15, -0.1) is 0 Å². The lowest BCUT2D eigenvalue weighted by Crippen LogP contribution is -2.37. The number of carbonyl (C=O) groups excluding carboxylic acids is 2. The van der Waals surface area contributed by atoms with Crippen LogP contribution >= 0.6 is 0 Å². The molecule has 0 saturated carbocycles. The van der Waals surface area contributed by atoms with Crippen molar-refractivity contribution >= 4 is 18.0 Å². The van der Waals surface area contributed by atoms with Crippen molar-refractivity contribution in [3.63, 3.8) is 0 Å². The second-order valence-electron chi connectivity index (χ2n) is 4.00. The van der Waals surface area contributed by atoms with Crippen molar-refractivity contribution in [1.82, 2.24) is 20.7 Å². The topological polar surface area (TPSA) is 96.3 Å². The molecule has 0 atom stereocenters. The summed E-state index contributed by atoms with van der Waals surface area (Å²) in [6.45, 7) is 0.226. The van der Waals surface area contributed by atoms with Crippen LogP contribution in [0.1, 0.15) is 11.3 Å². The largest absolute Gasteiger partial charge is 0.344 e. The molecule has 0 radical (unpaired) electrons. The van der Waals surface area contributed by atoms with Crippen LogP contribution in [0.15, 0.2) is 54.0 Å². The molecule has 2 amide bonds. The molecule has 2 aromatic heterocycles. The van der Waals surface area contributed by atoms with Crippen molar-refractivity contribution in [1.29, 1.82) is 0 Å². The lowest BCUT2D eigenvalue weighted by Gasteiger charge is -2.03. The number of amides is 2. The first kappa shape index (κ1) is 14.3. The Hall–Kier alpha value is -3.09. The molecule has 0 bridgehead atoms. The molecule has 2 N–H and O–H groups in total. The second kappa shape index (κ2) is 7.49. The molecule has 2 heterocycles. The predicted octanol–water partition coefficient (Wildman–Crippen LogP) is 0.243. The van der Waals surface area contributed by atoms with Crippen LogP contribution in [0.2, 0.25) is 0 Å². The molecule has 0 aromatic carbocycles. The molecule has 0 aliphatic heterocycles. The highest BCUT2D eigenvalue weighted by Gasteiger charge is 2.11. The normalized spacial score (nSPS) is 10.3. The first-order valence-electron chi connectivity index (χ1n) is 6.17. The summed E-state index contributed by atoms with van der Waals surface area (Å²) in [5, 5.41) is 6.12. The summed E-state index contributed by atoms with van der Waals surface area (Å²) in [6.07, 6.45) is 6.19. The number of aromatic nitrogens is 2. The Labute approximate surface area is 121 Å². The van der Waals surface area contributed by atoms with E-state index in [1.54, 1.807) is 48.9 Å². The Balaban J connectivity index is 1.78. The summed E-state index contributed by atoms with van der Waals surface area (Å²) >= 11 is 0. The Bertz CT molecular complexity index is 628. The monoisotopic (exact) mass is 283 g/mol. The van der Waals surface area contributed by atoms with Crippen molar-refractivity contribution in [2.75, 3.05) is 0 Å². The number of carbonyl (C=O) groups is 2. The number of nitrogens with one attached hydrogen (secondary N) is 2. The van der Waals surface area contributed by atoms with Crippen molar-refractivity contribution in [2.24, 2.45) is 5.10 Å². The van der Waals surface area contributed by atoms with E-state index >= 15 is 0 Å². The first-order valence-corrected chi connectivity index (χ1v) is 6.17. The van der Waals surface area contributed by atoms with E-state index in [2.05, 4.69) is 25.8 Å². The zero-order chi connectivity index (χ0) is 14.9. The third-order valence-corrected chi connectivity index (χ3v) is 2.43. The maximum atomic E-state index is 11.5. The molecule has 0 aliphatic rings. The van der Waals surface area contributed by atoms with Gasteiger partial charge in [0.2, 0.25) is 0 Å². The average Bonchev–Trinajstić information content (AvgIpc) is 2.54. The minimum Gasteiger partial charge on any atom is -0.344 e. The molecular formula is C14H13N5O2. The van der Waals surface area contributed by atoms with Crippen LogP contribution in [0.5, 0.6) is 0 Å². The van der Waals surface area contributed by atoms with Gasteiger partial charge in [0.1, 0.15) is 0 Å². The number of hydrogen-bond donors (Lipinski definition) is 2. The SMILES string of the molecule is O=C(NCc1cccnc1)C(=O)N/N=C\c1ccccn1. The fraction of sp³-hybridized carbons (Fsp3) is 0.0714. The van der Waals surface area contributed by atoms with E-state index in [1.807, 2.05) is 0 Å². The number of pyridine rings is 2. The summed E-state index contributed by atoms with van der Waals surface area (Å²) in [4.78, 5) is 30.9. The fourth-order valence-corrected chi connectivity index (χ4v) is 1.43. The third kappa shape index (κ3) is 4.83. The van der Waals surface area contributed by atoms with Crippen LogP contribution in [0.25, 0.3) is 0 Å². The number of hydrogen-bond acceptors (Lipinski definition) is 5. The van der Waals surface area contributed by atoms with E-state index in [9.17, 15) is 9.59 Å². The molecule has 21 heavy (non-hydrogen) atoms. The zero-order valence-electron chi connectivity index (χ0n) is 11.1. The van der Waals surface area contributed by atoms with Crippen molar-refractivity contribution in [3.05, 3.63) is 60.2 Å². The van der Waals surface area contributed by atoms with Gasteiger partial charge >= 0.3 is 11.8 Å². The highest BCUT2D eigenvalue weighted by molar-refractivity contribution is 6.35. The van der Waals surface area contributed by atoms with Gasteiger partial charge in [0.25, 0.3) is 0 Å². The summed E-state index contributed by atoms with van der Waals surface area (Å²) in [7, 11) is 0. The highest BCUT2D eigenvalue weighted by atomic mass is 16.2. The molecule has 106 valence electrons. The van der Waals surface area contributed by atoms with Crippen LogP contribution in [0.3, 0.4) is 0 Å². The van der Waals surface area contributed by atoms with E-state index in [4.69, 9.17) is 0 Å². The minimum atomic E-state index is -0.842. The van der Waals surface area contributed by atoms with Crippen molar-refractivity contribution in [2.45, 2.75) is 6.54 Å². The fourth-order valence-electron chi connectivity index (χ4n) is 1.43. The van der Waals surface area contributed by atoms with Gasteiger partial charge in [-0.3, -0.25) is 19.6 Å². The molecular weight excluding hydrogens is 270 g/mol. The standard InChI is InChI=1S/C14H13N5O2/c20-13(17-9-11-4-3-6-15-8-11)14(21)19-18-10-12-5-1-2-7-16-12/h1-8,10H,9H2,(H,17,20)(H,19,21)/b18-10-. The van der Waals surface area contributed by atoms with Gasteiger partial charge in [-0.05, 0) is 23.8 Å². The minimum absolute atomic E-state index is 0.226. The van der Waals surface area contributed by atoms with Gasteiger partial charge in [0, 0.05) is 25.1 Å². The molecule has 0 saturated heterocycles. The first-order chi connectivity index (χ1) is 10.3. The van der Waals surface area contributed by atoms with Crippen molar-refractivity contribution < 1.29 is 9.59 Å². The van der Waals surface area contributed by atoms with Crippen LogP contribution < -0.4 is 10.7 Å². The van der Waals surface area contributed by atoms with Crippen LogP contribution in [0.4, 0.5) is 0 Å². The molecule has 0 aliphatic carbocycles. The van der Waals surface area contributed by atoms with Gasteiger partial charge in [-0.25, -0.2) is 5.43 Å². The lowest BCUT2D eigenvalue weighted by molar-refractivity contribution is -0.139. The maximum absolute atomic E-state index is 11.5. The molecule has 2 rings (SSSR count). The second-order valence-corrected chi connectivity index (χ2v) is 4.00. The number of nitrogens with zero attached hydrogens (tertiary/aromatic N) is 3. The van der Waals surface area contributed by atoms with Gasteiger partial charge in [0.15, 0.2) is 0 Å².